The molecule has 3 heterocycles. The summed E-state index contributed by atoms with van der Waals surface area (Å²) >= 11 is 0. The van der Waals surface area contributed by atoms with Crippen LogP contribution in [-0.2, 0) is 0 Å². The number of carbonyl (C=O) groups excluding carboxylic acids is 1. The molecule has 28 heavy (non-hydrogen) atoms. The highest BCUT2D eigenvalue weighted by atomic mass is 16.2. The fraction of sp³-hybridized carbons (Fsp3) is 0.227. The van der Waals surface area contributed by atoms with Crippen LogP contribution >= 0.6 is 0 Å². The van der Waals surface area contributed by atoms with Crippen LogP contribution in [0, 0.1) is 6.92 Å². The highest BCUT2D eigenvalue weighted by Gasteiger charge is 2.23. The summed E-state index contributed by atoms with van der Waals surface area (Å²) in [5.41, 5.74) is 3.50. The number of hydrogen-bond acceptors (Lipinski definition) is 5. The summed E-state index contributed by atoms with van der Waals surface area (Å²) in [6, 6.07) is 17.7. The van der Waals surface area contributed by atoms with Crippen molar-refractivity contribution in [3.05, 3.63) is 78.2 Å². The number of nitrogens with one attached hydrogen (secondary N) is 1. The van der Waals surface area contributed by atoms with Crippen LogP contribution in [0.3, 0.4) is 0 Å². The topological polar surface area (TPSA) is 61.4 Å². The van der Waals surface area contributed by atoms with E-state index < -0.39 is 0 Å². The molecule has 0 atom stereocenters. The molecule has 0 spiro atoms. The standard InChI is InChI=1S/C22H23N5O/c1-17-5-4-6-18(15-17)25-19-8-10-23-20(16-19)22(28)27-13-11-26(12-14-27)21-7-2-3-9-24-21/h2-10,15-16H,11-14H2,1H3,(H,23,25). The van der Waals surface area contributed by atoms with E-state index in [0.29, 0.717) is 18.8 Å². The molecule has 0 aliphatic carbocycles. The van der Waals surface area contributed by atoms with Crippen molar-refractivity contribution < 1.29 is 4.79 Å². The van der Waals surface area contributed by atoms with Crippen LogP contribution < -0.4 is 10.2 Å². The highest BCUT2D eigenvalue weighted by Crippen LogP contribution is 2.19. The van der Waals surface area contributed by atoms with E-state index in [-0.39, 0.29) is 5.91 Å². The van der Waals surface area contributed by atoms with Gasteiger partial charge < -0.3 is 15.1 Å². The molecule has 1 saturated heterocycles. The molecule has 1 aliphatic rings. The number of rotatable bonds is 4. The van der Waals surface area contributed by atoms with E-state index in [2.05, 4.69) is 39.2 Å². The zero-order chi connectivity index (χ0) is 19.3. The fourth-order valence-electron chi connectivity index (χ4n) is 3.36. The van der Waals surface area contributed by atoms with Gasteiger partial charge in [-0.3, -0.25) is 9.78 Å². The van der Waals surface area contributed by atoms with Crippen LogP contribution in [-0.4, -0.2) is 47.0 Å². The molecule has 142 valence electrons. The molecule has 1 aromatic carbocycles. The highest BCUT2D eigenvalue weighted by molar-refractivity contribution is 5.93. The number of aryl methyl sites for hydroxylation is 1. The second-order valence-corrected chi connectivity index (χ2v) is 6.89. The summed E-state index contributed by atoms with van der Waals surface area (Å²) in [4.78, 5) is 25.6. The van der Waals surface area contributed by atoms with Crippen LogP contribution in [0.4, 0.5) is 17.2 Å². The molecule has 0 unspecified atom stereocenters. The number of aromatic nitrogens is 2. The molecule has 0 radical (unpaired) electrons. The third-order valence-electron chi connectivity index (χ3n) is 4.83. The number of pyridine rings is 2. The SMILES string of the molecule is Cc1cccc(Nc2ccnc(C(=O)N3CCN(c4ccccn4)CC3)c2)c1. The minimum Gasteiger partial charge on any atom is -0.355 e. The Hall–Kier alpha value is -3.41. The molecule has 6 heteroatoms. The summed E-state index contributed by atoms with van der Waals surface area (Å²) < 4.78 is 0. The number of nitrogens with zero attached hydrogens (tertiary/aromatic N) is 4. The first-order valence-electron chi connectivity index (χ1n) is 9.44. The lowest BCUT2D eigenvalue weighted by atomic mass is 10.2. The summed E-state index contributed by atoms with van der Waals surface area (Å²) in [6.07, 6.45) is 3.47. The summed E-state index contributed by atoms with van der Waals surface area (Å²) in [7, 11) is 0. The lowest BCUT2D eigenvalue weighted by Crippen LogP contribution is -2.49. The largest absolute Gasteiger partial charge is 0.355 e. The first-order chi connectivity index (χ1) is 13.7. The third-order valence-corrected chi connectivity index (χ3v) is 4.83. The van der Waals surface area contributed by atoms with E-state index in [1.807, 2.05) is 47.4 Å². The lowest BCUT2D eigenvalue weighted by Gasteiger charge is -2.35. The number of anilines is 3. The molecular formula is C22H23N5O. The van der Waals surface area contributed by atoms with Crippen molar-refractivity contribution in [1.29, 1.82) is 0 Å². The first kappa shape index (κ1) is 18.0. The van der Waals surface area contributed by atoms with Gasteiger partial charge in [-0.05, 0) is 48.9 Å². The number of carbonyl (C=O) groups is 1. The van der Waals surface area contributed by atoms with Crippen molar-refractivity contribution in [1.82, 2.24) is 14.9 Å². The second-order valence-electron chi connectivity index (χ2n) is 6.89. The van der Waals surface area contributed by atoms with Gasteiger partial charge in [0.25, 0.3) is 5.91 Å². The normalized spacial score (nSPS) is 14.0. The van der Waals surface area contributed by atoms with Crippen molar-refractivity contribution in [2.75, 3.05) is 36.4 Å². The predicted octanol–water partition coefficient (Wildman–Crippen LogP) is 3.49. The fourth-order valence-corrected chi connectivity index (χ4v) is 3.36. The molecule has 1 aliphatic heterocycles. The number of hydrogen-bond donors (Lipinski definition) is 1. The summed E-state index contributed by atoms with van der Waals surface area (Å²) in [5, 5.41) is 3.34. The molecule has 1 amide bonds. The maximum atomic E-state index is 12.9. The van der Waals surface area contributed by atoms with Gasteiger partial charge in [0.2, 0.25) is 0 Å². The van der Waals surface area contributed by atoms with Crippen LogP contribution in [0.1, 0.15) is 16.1 Å². The maximum absolute atomic E-state index is 12.9. The van der Waals surface area contributed by atoms with E-state index in [9.17, 15) is 4.79 Å². The number of amides is 1. The van der Waals surface area contributed by atoms with Crippen LogP contribution in [0.25, 0.3) is 0 Å². The van der Waals surface area contributed by atoms with E-state index in [0.717, 1.165) is 30.3 Å². The van der Waals surface area contributed by atoms with Gasteiger partial charge in [0.1, 0.15) is 11.5 Å². The Morgan fingerprint density at radius 3 is 2.46 bits per heavy atom. The second kappa shape index (κ2) is 8.08. The zero-order valence-electron chi connectivity index (χ0n) is 15.9. The van der Waals surface area contributed by atoms with Crippen LogP contribution in [0.2, 0.25) is 0 Å². The molecule has 4 rings (SSSR count). The lowest BCUT2D eigenvalue weighted by molar-refractivity contribution is 0.0740. The average Bonchev–Trinajstić information content (AvgIpc) is 2.74. The van der Waals surface area contributed by atoms with Crippen molar-refractivity contribution in [2.45, 2.75) is 6.92 Å². The van der Waals surface area contributed by atoms with Gasteiger partial charge in [0.15, 0.2) is 0 Å². The summed E-state index contributed by atoms with van der Waals surface area (Å²) in [5.74, 6) is 0.922. The average molecular weight is 373 g/mol. The van der Waals surface area contributed by atoms with Crippen molar-refractivity contribution >= 4 is 23.1 Å². The molecular weight excluding hydrogens is 350 g/mol. The smallest absolute Gasteiger partial charge is 0.272 e. The van der Waals surface area contributed by atoms with E-state index >= 15 is 0 Å². The molecule has 6 nitrogen and oxygen atoms in total. The monoisotopic (exact) mass is 373 g/mol. The Balaban J connectivity index is 1.41. The van der Waals surface area contributed by atoms with Gasteiger partial charge >= 0.3 is 0 Å². The van der Waals surface area contributed by atoms with Gasteiger partial charge in [-0.25, -0.2) is 4.98 Å². The Morgan fingerprint density at radius 1 is 0.893 bits per heavy atom. The first-order valence-corrected chi connectivity index (χ1v) is 9.44. The Morgan fingerprint density at radius 2 is 1.71 bits per heavy atom. The minimum atomic E-state index is -0.0337. The molecule has 3 aromatic rings. The van der Waals surface area contributed by atoms with Gasteiger partial charge in [-0.2, -0.15) is 0 Å². The molecule has 1 N–H and O–H groups in total. The maximum Gasteiger partial charge on any atom is 0.272 e. The predicted molar refractivity (Wildman–Crippen MR) is 111 cm³/mol. The Labute approximate surface area is 164 Å². The summed E-state index contributed by atoms with van der Waals surface area (Å²) in [6.45, 7) is 4.91. The molecule has 1 fully saturated rings. The Kier molecular flexibility index (Phi) is 5.19. The molecule has 2 aromatic heterocycles. The van der Waals surface area contributed by atoms with Crippen molar-refractivity contribution in [3.63, 3.8) is 0 Å². The van der Waals surface area contributed by atoms with Crippen LogP contribution in [0.5, 0.6) is 0 Å². The third kappa shape index (κ3) is 4.11. The van der Waals surface area contributed by atoms with Gasteiger partial charge in [-0.1, -0.05) is 18.2 Å². The van der Waals surface area contributed by atoms with Gasteiger partial charge in [-0.15, -0.1) is 0 Å². The van der Waals surface area contributed by atoms with Gasteiger partial charge in [0, 0.05) is 49.9 Å². The van der Waals surface area contributed by atoms with E-state index in [1.165, 1.54) is 5.56 Å². The molecule has 0 saturated carbocycles. The molecule has 0 bridgehead atoms. The van der Waals surface area contributed by atoms with E-state index in [1.54, 1.807) is 12.4 Å². The Bertz CT molecular complexity index is 952. The van der Waals surface area contributed by atoms with Crippen molar-refractivity contribution in [2.24, 2.45) is 0 Å². The van der Waals surface area contributed by atoms with E-state index in [4.69, 9.17) is 0 Å². The zero-order valence-corrected chi connectivity index (χ0v) is 15.9. The number of piperazine rings is 1. The van der Waals surface area contributed by atoms with Gasteiger partial charge in [0.05, 0.1) is 0 Å². The number of benzene rings is 1. The van der Waals surface area contributed by atoms with Crippen LogP contribution in [0.15, 0.2) is 67.0 Å². The minimum absolute atomic E-state index is 0.0337. The quantitative estimate of drug-likeness (QED) is 0.759. The van der Waals surface area contributed by atoms with Crippen molar-refractivity contribution in [3.8, 4) is 0 Å².